The Kier molecular flexibility index (Phi) is 6.51. The van der Waals surface area contributed by atoms with Crippen LogP contribution in [0.25, 0.3) is 32.8 Å². The highest BCUT2D eigenvalue weighted by molar-refractivity contribution is 6.36. The maximum absolute atomic E-state index is 17.2. The van der Waals surface area contributed by atoms with Crippen LogP contribution in [-0.4, -0.2) is 70.9 Å². The Morgan fingerprint density at radius 1 is 1.11 bits per heavy atom. The molecule has 46 heavy (non-hydrogen) atoms. The van der Waals surface area contributed by atoms with Crippen molar-refractivity contribution in [1.29, 1.82) is 0 Å². The molecule has 0 saturated carbocycles. The number of piperazine rings is 1. The Balaban J connectivity index is 1.26. The van der Waals surface area contributed by atoms with Crippen LogP contribution in [0.15, 0.2) is 30.3 Å². The van der Waals surface area contributed by atoms with Crippen LogP contribution in [0, 0.1) is 24.0 Å². The zero-order valence-electron chi connectivity index (χ0n) is 25.3. The first-order valence-electron chi connectivity index (χ1n) is 16.3. The molecule has 5 aliphatic heterocycles. The molecule has 1 N–H and O–H groups in total. The molecule has 9 rings (SSSR count). The van der Waals surface area contributed by atoms with Crippen LogP contribution in [0.4, 0.5) is 19.0 Å². The number of nitrogens with zero attached hydrogens (tertiary/aromatic N) is 4. The average Bonchev–Trinajstić information content (AvgIpc) is 3.68. The zero-order valence-corrected chi connectivity index (χ0v) is 26.0. The zero-order chi connectivity index (χ0) is 31.3. The predicted octanol–water partition coefficient (Wildman–Crippen LogP) is 6.57. The van der Waals surface area contributed by atoms with Crippen LogP contribution in [0.5, 0.6) is 6.01 Å². The van der Waals surface area contributed by atoms with Crippen molar-refractivity contribution in [3.8, 4) is 29.5 Å². The fourth-order valence-corrected chi connectivity index (χ4v) is 9.59. The van der Waals surface area contributed by atoms with Crippen LogP contribution in [0.1, 0.15) is 49.7 Å². The molecule has 4 fully saturated rings. The van der Waals surface area contributed by atoms with E-state index in [4.69, 9.17) is 32.7 Å². The minimum absolute atomic E-state index is 0.0595. The molecule has 5 atom stereocenters. The first kappa shape index (κ1) is 28.6. The fraction of sp³-hybridized carbons (Fsp3) is 0.444. The molecule has 5 aliphatic rings. The maximum Gasteiger partial charge on any atom is 0.319 e. The smallest absolute Gasteiger partial charge is 0.319 e. The van der Waals surface area contributed by atoms with Gasteiger partial charge in [-0.1, -0.05) is 41.8 Å². The number of aromatic nitrogens is 2. The Morgan fingerprint density at radius 2 is 2.00 bits per heavy atom. The summed E-state index contributed by atoms with van der Waals surface area (Å²) in [6.07, 6.45) is 10.7. The molecule has 4 aromatic rings. The number of anilines is 1. The highest BCUT2D eigenvalue weighted by Gasteiger charge is 2.50. The molecule has 0 radical (unpaired) electrons. The highest BCUT2D eigenvalue weighted by atomic mass is 35.5. The summed E-state index contributed by atoms with van der Waals surface area (Å²) in [7, 11) is 0. The van der Waals surface area contributed by atoms with E-state index in [1.807, 2.05) is 6.07 Å². The predicted molar refractivity (Wildman–Crippen MR) is 173 cm³/mol. The molecule has 236 valence electrons. The van der Waals surface area contributed by atoms with Crippen LogP contribution in [0.2, 0.25) is 5.02 Å². The monoisotopic (exact) mass is 643 g/mol. The second-order valence-corrected chi connectivity index (χ2v) is 14.1. The topological polar surface area (TPSA) is 53.5 Å². The lowest BCUT2D eigenvalue weighted by molar-refractivity contribution is 0.107. The number of hydrogen-bond acceptors (Lipinski definition) is 6. The summed E-state index contributed by atoms with van der Waals surface area (Å²) in [5, 5.41) is 5.74. The number of aryl methyl sites for hydroxylation is 1. The third-order valence-corrected chi connectivity index (χ3v) is 11.7. The van der Waals surface area contributed by atoms with E-state index in [1.54, 1.807) is 18.2 Å². The molecule has 2 bridgehead atoms. The largest absolute Gasteiger partial charge is 0.461 e. The summed E-state index contributed by atoms with van der Waals surface area (Å²) >= 11 is 7.23. The molecular weight excluding hydrogens is 611 g/mol. The van der Waals surface area contributed by atoms with E-state index in [9.17, 15) is 4.39 Å². The third kappa shape index (κ3) is 4.12. The Labute approximate surface area is 270 Å². The van der Waals surface area contributed by atoms with Gasteiger partial charge >= 0.3 is 6.01 Å². The van der Waals surface area contributed by atoms with E-state index < -0.39 is 23.3 Å². The molecule has 0 amide bonds. The molecule has 6 nitrogen and oxygen atoms in total. The van der Waals surface area contributed by atoms with Gasteiger partial charge in [0.15, 0.2) is 5.82 Å². The molecule has 0 aliphatic carbocycles. The standard InChI is InChI=1S/C36H33ClF3N5O/c1-2-22-25(39)10-7-19-5-3-6-23(28(19)22)29-31(37)24-9-12-27-26-11-8-21(41-26)17-45(27)34-30(24)33(32(29)40)42-35(43-34)46-18-36-13-4-14-44(36)16-20(38)15-36/h1,3,5-7,10,20-21,26-27,41H,4,8-9,11-18H2/t20-,21-,26+,27-,36+/m1/s1. The van der Waals surface area contributed by atoms with Crippen molar-refractivity contribution in [3.05, 3.63) is 58.1 Å². The Hall–Kier alpha value is -3.58. The number of halogens is 4. The quantitative estimate of drug-likeness (QED) is 0.254. The molecule has 4 saturated heterocycles. The first-order valence-corrected chi connectivity index (χ1v) is 16.7. The lowest BCUT2D eigenvalue weighted by atomic mass is 9.90. The summed E-state index contributed by atoms with van der Waals surface area (Å²) in [4.78, 5) is 14.2. The fourth-order valence-electron chi connectivity index (χ4n) is 9.22. The third-order valence-electron chi connectivity index (χ3n) is 11.2. The summed E-state index contributed by atoms with van der Waals surface area (Å²) in [5.74, 6) is 1.93. The summed E-state index contributed by atoms with van der Waals surface area (Å²) in [5.41, 5.74) is 1.10. The van der Waals surface area contributed by atoms with E-state index in [0.717, 1.165) is 50.8 Å². The van der Waals surface area contributed by atoms with E-state index >= 15 is 8.78 Å². The lowest BCUT2D eigenvalue weighted by Gasteiger charge is -2.41. The van der Waals surface area contributed by atoms with Crippen LogP contribution >= 0.6 is 11.6 Å². The SMILES string of the molecule is C#Cc1c(F)ccc2cccc(-c3c(Cl)c4c5c(nc(OC[C@@]67CCCN6C[C@H](F)C7)nc5c3F)N3C[C@H]5CC[C@H](N5)[C@H]3CC4)c12. The van der Waals surface area contributed by atoms with Gasteiger partial charge in [-0.2, -0.15) is 9.97 Å². The van der Waals surface area contributed by atoms with E-state index in [2.05, 4.69) is 21.0 Å². The number of hydrogen-bond donors (Lipinski definition) is 1. The molecule has 1 aromatic heterocycles. The van der Waals surface area contributed by atoms with Gasteiger partial charge in [-0.15, -0.1) is 6.42 Å². The van der Waals surface area contributed by atoms with Gasteiger partial charge in [0, 0.05) is 48.6 Å². The molecule has 0 spiro atoms. The van der Waals surface area contributed by atoms with Gasteiger partial charge in [0.2, 0.25) is 0 Å². The minimum Gasteiger partial charge on any atom is -0.461 e. The molecule has 0 unspecified atom stereocenters. The van der Waals surface area contributed by atoms with Crippen molar-refractivity contribution in [1.82, 2.24) is 20.2 Å². The summed E-state index contributed by atoms with van der Waals surface area (Å²) in [6.45, 7) is 2.22. The van der Waals surface area contributed by atoms with Crippen molar-refractivity contribution in [2.75, 3.05) is 31.1 Å². The maximum atomic E-state index is 17.2. The number of fused-ring (bicyclic) bond motifs is 7. The molecule has 6 heterocycles. The average molecular weight is 644 g/mol. The lowest BCUT2D eigenvalue weighted by Crippen LogP contribution is -2.58. The minimum atomic E-state index is -0.897. The molecule has 3 aromatic carbocycles. The van der Waals surface area contributed by atoms with Crippen molar-refractivity contribution < 1.29 is 17.9 Å². The second kappa shape index (κ2) is 10.5. The van der Waals surface area contributed by atoms with Crippen molar-refractivity contribution in [2.24, 2.45) is 0 Å². The summed E-state index contributed by atoms with van der Waals surface area (Å²) < 4.78 is 53.2. The molecule has 10 heteroatoms. The Morgan fingerprint density at radius 3 is 2.87 bits per heavy atom. The van der Waals surface area contributed by atoms with Crippen molar-refractivity contribution in [2.45, 2.75) is 74.8 Å². The number of benzene rings is 3. The normalized spacial score (nSPS) is 28.4. The van der Waals surface area contributed by atoms with Crippen LogP contribution < -0.4 is 15.0 Å². The number of rotatable bonds is 4. The van der Waals surface area contributed by atoms with Gasteiger partial charge in [-0.3, -0.25) is 4.90 Å². The van der Waals surface area contributed by atoms with Gasteiger partial charge in [-0.05, 0) is 67.6 Å². The van der Waals surface area contributed by atoms with Gasteiger partial charge in [0.1, 0.15) is 29.9 Å². The Bertz CT molecular complexity index is 1980. The van der Waals surface area contributed by atoms with Crippen LogP contribution in [0.3, 0.4) is 0 Å². The number of nitrogens with one attached hydrogen (secondary N) is 1. The van der Waals surface area contributed by atoms with E-state index in [1.165, 1.54) is 6.07 Å². The van der Waals surface area contributed by atoms with Gasteiger partial charge in [0.05, 0.1) is 21.5 Å². The number of ether oxygens (including phenoxy) is 1. The van der Waals surface area contributed by atoms with Crippen molar-refractivity contribution >= 4 is 39.1 Å². The van der Waals surface area contributed by atoms with Gasteiger partial charge in [-0.25, -0.2) is 13.2 Å². The van der Waals surface area contributed by atoms with E-state index in [0.29, 0.717) is 53.0 Å². The van der Waals surface area contributed by atoms with Gasteiger partial charge in [0.25, 0.3) is 0 Å². The number of alkyl halides is 1. The molecular formula is C36H33ClF3N5O. The first-order chi connectivity index (χ1) is 22.3. The second-order valence-electron chi connectivity index (χ2n) is 13.7. The van der Waals surface area contributed by atoms with Gasteiger partial charge < -0.3 is 15.0 Å². The van der Waals surface area contributed by atoms with Crippen molar-refractivity contribution in [3.63, 3.8) is 0 Å². The van der Waals surface area contributed by atoms with Crippen LogP contribution in [-0.2, 0) is 6.42 Å². The highest BCUT2D eigenvalue weighted by Crippen LogP contribution is 2.48. The number of terminal acetylenes is 1. The van der Waals surface area contributed by atoms with E-state index in [-0.39, 0.29) is 46.4 Å². The summed E-state index contributed by atoms with van der Waals surface area (Å²) in [6, 6.07) is 9.14.